The Morgan fingerprint density at radius 1 is 1.80 bits per heavy atom. The molecule has 0 radical (unpaired) electrons. The van der Waals surface area contributed by atoms with E-state index in [0.29, 0.717) is 0 Å². The van der Waals surface area contributed by atoms with Crippen molar-refractivity contribution < 1.29 is 0 Å². The molecule has 0 aliphatic carbocycles. The fraction of sp³-hybridized carbons (Fsp3) is 0.750. The van der Waals surface area contributed by atoms with Crippen molar-refractivity contribution in [3.63, 3.8) is 0 Å². The summed E-state index contributed by atoms with van der Waals surface area (Å²) in [6.07, 6.45) is 2.38. The van der Waals surface area contributed by atoms with Crippen LogP contribution in [0.15, 0.2) is 0 Å². The van der Waals surface area contributed by atoms with Crippen molar-refractivity contribution in [3.05, 3.63) is 0 Å². The third-order valence-electron chi connectivity index (χ3n) is 0.493. The summed E-state index contributed by atoms with van der Waals surface area (Å²) in [7, 11) is 0. The van der Waals surface area contributed by atoms with Gasteiger partial charge in [-0.3, -0.25) is 0 Å². The van der Waals surface area contributed by atoms with E-state index in [1.165, 1.54) is 6.42 Å². The van der Waals surface area contributed by atoms with Crippen molar-refractivity contribution in [2.75, 3.05) is 0 Å². The minimum atomic E-state index is 1.15. The Labute approximate surface area is 34.1 Å². The first-order valence-electron chi connectivity index (χ1n) is 2.02. The van der Waals surface area contributed by atoms with Crippen LogP contribution in [-0.2, 0) is 0 Å². The summed E-state index contributed by atoms with van der Waals surface area (Å²) in [4.78, 5) is 0. The Balaban J connectivity index is 2.40. The summed E-state index contributed by atoms with van der Waals surface area (Å²) >= 11 is 0. The van der Waals surface area contributed by atoms with Crippen LogP contribution in [0.3, 0.4) is 0 Å². The minimum absolute atomic E-state index is 1.15. The van der Waals surface area contributed by atoms with E-state index in [1.807, 2.05) is 6.92 Å². The molecule has 0 fully saturated rings. The molecule has 0 heterocycles. The van der Waals surface area contributed by atoms with Gasteiger partial charge in [0.1, 0.15) is 0 Å². The molecule has 0 N–H and O–H groups in total. The van der Waals surface area contributed by atoms with Crippen molar-refractivity contribution in [1.82, 2.24) is 0 Å². The van der Waals surface area contributed by atoms with Crippen molar-refractivity contribution in [2.24, 2.45) is 0 Å². The molecular weight excluding hydrogens is 58.9 g/mol. The molecule has 28 valence electrons. The normalized spacial score (nSPS) is 6.60. The SMILES string of the molecule is C=BCCC. The van der Waals surface area contributed by atoms with Crippen LogP contribution in [0.4, 0.5) is 0 Å². The molecule has 0 aromatic carbocycles. The predicted molar refractivity (Wildman–Crippen MR) is 28.0 cm³/mol. The van der Waals surface area contributed by atoms with Gasteiger partial charge in [-0.15, -0.1) is 0 Å². The molecule has 0 nitrogen and oxygen atoms in total. The van der Waals surface area contributed by atoms with Crippen LogP contribution in [0, 0.1) is 0 Å². The summed E-state index contributed by atoms with van der Waals surface area (Å²) in [5.41, 5.74) is 0. The van der Waals surface area contributed by atoms with Gasteiger partial charge in [-0.2, -0.15) is 0 Å². The van der Waals surface area contributed by atoms with Crippen LogP contribution in [0.2, 0.25) is 6.32 Å². The average Bonchev–Trinajstić information content (AvgIpc) is 1.41. The molecule has 0 rings (SSSR count). The fourth-order valence-electron chi connectivity index (χ4n) is 0.204. The monoisotopic (exact) mass is 68.1 g/mol. The number of rotatable bonds is 2. The van der Waals surface area contributed by atoms with Gasteiger partial charge in [0, 0.05) is 0 Å². The zero-order valence-corrected chi connectivity index (χ0v) is 3.70. The van der Waals surface area contributed by atoms with Crippen LogP contribution < -0.4 is 0 Å². The second-order valence-electron chi connectivity index (χ2n) is 1.08. The van der Waals surface area contributed by atoms with Crippen molar-refractivity contribution in [3.8, 4) is 0 Å². The average molecular weight is 67.9 g/mol. The van der Waals surface area contributed by atoms with E-state index >= 15 is 0 Å². The van der Waals surface area contributed by atoms with Gasteiger partial charge in [0.15, 0.2) is 0 Å². The van der Waals surface area contributed by atoms with Crippen LogP contribution in [-0.4, -0.2) is 13.4 Å². The standard InChI is InChI=1S/C4H9B/c1-3-4-5-2/h2-4H2,1H3. The Morgan fingerprint density at radius 2 is 2.40 bits per heavy atom. The molecule has 0 aliphatic heterocycles. The molecule has 0 bridgehead atoms. The van der Waals surface area contributed by atoms with E-state index in [2.05, 4.69) is 13.4 Å². The summed E-state index contributed by atoms with van der Waals surface area (Å²) in [6.45, 7) is 7.62. The summed E-state index contributed by atoms with van der Waals surface area (Å²) in [5, 5.41) is 0. The van der Waals surface area contributed by atoms with Gasteiger partial charge in [-0.1, -0.05) is 0 Å². The van der Waals surface area contributed by atoms with E-state index in [9.17, 15) is 0 Å². The van der Waals surface area contributed by atoms with E-state index < -0.39 is 0 Å². The number of hydrogen-bond donors (Lipinski definition) is 0. The Kier molecular flexibility index (Phi) is 3.88. The quantitative estimate of drug-likeness (QED) is 0.422. The Bertz CT molecular complexity index is 24.8. The van der Waals surface area contributed by atoms with Gasteiger partial charge in [-0.05, 0) is 0 Å². The third kappa shape index (κ3) is 3.93. The molecule has 0 unspecified atom stereocenters. The Morgan fingerprint density at radius 3 is 2.40 bits per heavy atom. The maximum atomic E-state index is 3.55. The van der Waals surface area contributed by atoms with Crippen LogP contribution in [0.25, 0.3) is 0 Å². The second-order valence-corrected chi connectivity index (χ2v) is 1.08. The van der Waals surface area contributed by atoms with Crippen molar-refractivity contribution in [2.45, 2.75) is 19.7 Å². The summed E-state index contributed by atoms with van der Waals surface area (Å²) < 4.78 is 0. The van der Waals surface area contributed by atoms with E-state index in [4.69, 9.17) is 0 Å². The predicted octanol–water partition coefficient (Wildman–Crippen LogP) is 0.951. The molecule has 0 atom stereocenters. The topological polar surface area (TPSA) is 0 Å². The van der Waals surface area contributed by atoms with Crippen molar-refractivity contribution in [1.29, 1.82) is 0 Å². The molecule has 5 heavy (non-hydrogen) atoms. The van der Waals surface area contributed by atoms with Crippen molar-refractivity contribution >= 4 is 13.4 Å². The van der Waals surface area contributed by atoms with E-state index in [0.717, 1.165) is 6.32 Å². The first kappa shape index (κ1) is 4.93. The van der Waals surface area contributed by atoms with Gasteiger partial charge in [0.2, 0.25) is 0 Å². The molecule has 1 heteroatoms. The molecule has 0 amide bonds. The molecule has 0 saturated carbocycles. The van der Waals surface area contributed by atoms with Crippen LogP contribution in [0.1, 0.15) is 13.3 Å². The molecule has 0 aliphatic rings. The zero-order valence-electron chi connectivity index (χ0n) is 3.70. The van der Waals surface area contributed by atoms with Gasteiger partial charge in [0.05, 0.1) is 0 Å². The zero-order chi connectivity index (χ0) is 4.12. The molecular formula is C4H9B. The molecule has 0 aromatic heterocycles. The summed E-state index contributed by atoms with van der Waals surface area (Å²) in [6, 6.07) is 0. The van der Waals surface area contributed by atoms with Gasteiger partial charge in [0.25, 0.3) is 0 Å². The Hall–Kier alpha value is -0.0651. The third-order valence-corrected chi connectivity index (χ3v) is 0.493. The van der Waals surface area contributed by atoms with E-state index in [1.54, 1.807) is 0 Å². The molecule has 0 aromatic rings. The molecule has 0 saturated heterocycles. The molecule has 0 spiro atoms. The first-order chi connectivity index (χ1) is 2.41. The van der Waals surface area contributed by atoms with E-state index in [-0.39, 0.29) is 0 Å². The maximum absolute atomic E-state index is 3.55. The number of hydrogen-bond acceptors (Lipinski definition) is 0. The van der Waals surface area contributed by atoms with Gasteiger partial charge in [-0.25, -0.2) is 0 Å². The summed E-state index contributed by atoms with van der Waals surface area (Å²) in [5.74, 6) is 0. The first-order valence-corrected chi connectivity index (χ1v) is 2.02. The van der Waals surface area contributed by atoms with Gasteiger partial charge < -0.3 is 0 Å². The fourth-order valence-corrected chi connectivity index (χ4v) is 0.204. The van der Waals surface area contributed by atoms with Gasteiger partial charge >= 0.3 is 33.1 Å². The second kappa shape index (κ2) is 3.93. The van der Waals surface area contributed by atoms with Crippen LogP contribution in [0.5, 0.6) is 0 Å². The van der Waals surface area contributed by atoms with Crippen LogP contribution >= 0.6 is 0 Å².